The van der Waals surface area contributed by atoms with Crippen LogP contribution in [0.15, 0.2) is 53.1 Å². The number of hydrogen-bond donors (Lipinski definition) is 2. The quantitative estimate of drug-likeness (QED) is 0.598. The zero-order valence-electron chi connectivity index (χ0n) is 15.1. The Bertz CT molecular complexity index is 913. The molecule has 27 heavy (non-hydrogen) atoms. The van der Waals surface area contributed by atoms with Gasteiger partial charge in [-0.15, -0.1) is 0 Å². The van der Waals surface area contributed by atoms with Crippen molar-refractivity contribution in [3.63, 3.8) is 0 Å². The number of rotatable bonds is 7. The van der Waals surface area contributed by atoms with Crippen molar-refractivity contribution in [1.82, 2.24) is 15.5 Å². The molecule has 3 aromatic rings. The van der Waals surface area contributed by atoms with Crippen molar-refractivity contribution in [1.29, 1.82) is 0 Å². The number of nitrogens with zero attached hydrogens (tertiary/aromatic N) is 2. The van der Waals surface area contributed by atoms with Crippen molar-refractivity contribution >= 4 is 23.0 Å². The number of para-hydroxylation sites is 2. The SMILES string of the molecule is CCOc1ccccc1NC(=S)NCc1nc(-c2cccc(OC)c2)no1. The number of benzene rings is 2. The van der Waals surface area contributed by atoms with Crippen LogP contribution in [0.4, 0.5) is 5.69 Å². The van der Waals surface area contributed by atoms with Gasteiger partial charge in [0, 0.05) is 5.56 Å². The Labute approximate surface area is 162 Å². The molecule has 0 amide bonds. The first-order valence-corrected chi connectivity index (χ1v) is 8.84. The van der Waals surface area contributed by atoms with Gasteiger partial charge in [-0.1, -0.05) is 29.4 Å². The van der Waals surface area contributed by atoms with Crippen molar-refractivity contribution in [2.24, 2.45) is 0 Å². The smallest absolute Gasteiger partial charge is 0.246 e. The molecule has 0 aliphatic rings. The Kier molecular flexibility index (Phi) is 6.22. The fraction of sp³-hybridized carbons (Fsp3) is 0.211. The molecule has 0 saturated carbocycles. The van der Waals surface area contributed by atoms with Gasteiger partial charge in [0.25, 0.3) is 0 Å². The van der Waals surface area contributed by atoms with Crippen LogP contribution in [0.5, 0.6) is 11.5 Å². The van der Waals surface area contributed by atoms with Gasteiger partial charge in [0.05, 0.1) is 25.9 Å². The molecule has 0 atom stereocenters. The van der Waals surface area contributed by atoms with E-state index in [9.17, 15) is 0 Å². The van der Waals surface area contributed by atoms with Gasteiger partial charge in [-0.25, -0.2) is 0 Å². The Morgan fingerprint density at radius 1 is 1.19 bits per heavy atom. The molecule has 1 heterocycles. The third-order valence-electron chi connectivity index (χ3n) is 3.63. The first-order valence-electron chi connectivity index (χ1n) is 8.43. The van der Waals surface area contributed by atoms with E-state index in [1.54, 1.807) is 7.11 Å². The Morgan fingerprint density at radius 2 is 2.04 bits per heavy atom. The molecule has 0 aliphatic carbocycles. The number of methoxy groups -OCH3 is 1. The molecule has 7 nitrogen and oxygen atoms in total. The summed E-state index contributed by atoms with van der Waals surface area (Å²) in [5.74, 6) is 2.39. The minimum Gasteiger partial charge on any atom is -0.497 e. The van der Waals surface area contributed by atoms with Gasteiger partial charge >= 0.3 is 0 Å². The summed E-state index contributed by atoms with van der Waals surface area (Å²) >= 11 is 5.33. The summed E-state index contributed by atoms with van der Waals surface area (Å²) < 4.78 is 16.1. The molecule has 3 rings (SSSR count). The summed E-state index contributed by atoms with van der Waals surface area (Å²) in [6.45, 7) is 2.82. The zero-order chi connectivity index (χ0) is 19.1. The highest BCUT2D eigenvalue weighted by Crippen LogP contribution is 2.24. The first-order chi connectivity index (χ1) is 13.2. The van der Waals surface area contributed by atoms with Gasteiger partial charge in [-0.3, -0.25) is 0 Å². The molecule has 2 N–H and O–H groups in total. The van der Waals surface area contributed by atoms with Crippen LogP contribution in [0.25, 0.3) is 11.4 Å². The van der Waals surface area contributed by atoms with Gasteiger partial charge < -0.3 is 24.6 Å². The standard InChI is InChI=1S/C19H20N4O3S/c1-3-25-16-10-5-4-9-15(16)21-19(27)20-12-17-22-18(23-26-17)13-7-6-8-14(11-13)24-2/h4-11H,3,12H2,1-2H3,(H2,20,21,27). The van der Waals surface area contributed by atoms with Crippen molar-refractivity contribution in [3.05, 3.63) is 54.4 Å². The molecule has 1 aromatic heterocycles. The van der Waals surface area contributed by atoms with E-state index in [0.29, 0.717) is 30.0 Å². The molecular weight excluding hydrogens is 364 g/mol. The van der Waals surface area contributed by atoms with E-state index in [1.807, 2.05) is 55.5 Å². The Hall–Kier alpha value is -3.13. The van der Waals surface area contributed by atoms with Crippen molar-refractivity contribution < 1.29 is 14.0 Å². The number of thiocarbonyl (C=S) groups is 1. The predicted octanol–water partition coefficient (Wildman–Crippen LogP) is 3.63. The van der Waals surface area contributed by atoms with Gasteiger partial charge in [0.1, 0.15) is 11.5 Å². The zero-order valence-corrected chi connectivity index (χ0v) is 15.9. The van der Waals surface area contributed by atoms with E-state index in [4.69, 9.17) is 26.2 Å². The lowest BCUT2D eigenvalue weighted by Crippen LogP contribution is -2.28. The monoisotopic (exact) mass is 384 g/mol. The summed E-state index contributed by atoms with van der Waals surface area (Å²) in [4.78, 5) is 4.37. The minimum absolute atomic E-state index is 0.305. The van der Waals surface area contributed by atoms with Gasteiger partial charge in [-0.2, -0.15) is 4.98 Å². The van der Waals surface area contributed by atoms with Crippen LogP contribution in [0.2, 0.25) is 0 Å². The molecule has 2 aromatic carbocycles. The number of ether oxygens (including phenoxy) is 2. The second kappa shape index (κ2) is 9.00. The molecule has 0 fully saturated rings. The van der Waals surface area contributed by atoms with Crippen molar-refractivity contribution in [2.75, 3.05) is 19.0 Å². The van der Waals surface area contributed by atoms with Crippen LogP contribution in [0, 0.1) is 0 Å². The lowest BCUT2D eigenvalue weighted by atomic mass is 10.2. The Morgan fingerprint density at radius 3 is 2.85 bits per heavy atom. The van der Waals surface area contributed by atoms with Gasteiger partial charge in [-0.05, 0) is 43.4 Å². The van der Waals surface area contributed by atoms with E-state index in [-0.39, 0.29) is 0 Å². The average molecular weight is 384 g/mol. The second-order valence-corrected chi connectivity index (χ2v) is 5.89. The third-order valence-corrected chi connectivity index (χ3v) is 3.88. The second-order valence-electron chi connectivity index (χ2n) is 5.48. The van der Waals surface area contributed by atoms with E-state index in [1.165, 1.54) is 0 Å². The van der Waals surface area contributed by atoms with E-state index >= 15 is 0 Å². The maximum absolute atomic E-state index is 5.57. The molecule has 0 aliphatic heterocycles. The number of hydrogen-bond acceptors (Lipinski definition) is 6. The van der Waals surface area contributed by atoms with Crippen LogP contribution in [-0.2, 0) is 6.54 Å². The summed E-state index contributed by atoms with van der Waals surface area (Å²) in [6, 6.07) is 15.1. The summed E-state index contributed by atoms with van der Waals surface area (Å²) in [6.07, 6.45) is 0. The average Bonchev–Trinajstić information content (AvgIpc) is 3.17. The molecule has 0 saturated heterocycles. The molecule has 140 valence electrons. The number of aromatic nitrogens is 2. The fourth-order valence-corrected chi connectivity index (χ4v) is 2.56. The fourth-order valence-electron chi connectivity index (χ4n) is 2.38. The maximum Gasteiger partial charge on any atom is 0.246 e. The number of anilines is 1. The van der Waals surface area contributed by atoms with Crippen LogP contribution in [-0.4, -0.2) is 29.0 Å². The lowest BCUT2D eigenvalue weighted by molar-refractivity contribution is 0.342. The van der Waals surface area contributed by atoms with Crippen LogP contribution >= 0.6 is 12.2 Å². The van der Waals surface area contributed by atoms with Gasteiger partial charge in [0.15, 0.2) is 5.11 Å². The predicted molar refractivity (Wildman–Crippen MR) is 107 cm³/mol. The summed E-state index contributed by atoms with van der Waals surface area (Å²) in [7, 11) is 1.61. The van der Waals surface area contributed by atoms with Crippen molar-refractivity contribution in [2.45, 2.75) is 13.5 Å². The van der Waals surface area contributed by atoms with E-state index in [0.717, 1.165) is 22.7 Å². The van der Waals surface area contributed by atoms with Crippen LogP contribution in [0.1, 0.15) is 12.8 Å². The highest BCUT2D eigenvalue weighted by molar-refractivity contribution is 7.80. The first kappa shape index (κ1) is 18.7. The lowest BCUT2D eigenvalue weighted by Gasteiger charge is -2.13. The highest BCUT2D eigenvalue weighted by atomic mass is 32.1. The maximum atomic E-state index is 5.57. The minimum atomic E-state index is 0.305. The molecular formula is C19H20N4O3S. The van der Waals surface area contributed by atoms with Crippen LogP contribution in [0.3, 0.4) is 0 Å². The third kappa shape index (κ3) is 4.95. The molecule has 0 unspecified atom stereocenters. The molecule has 8 heteroatoms. The summed E-state index contributed by atoms with van der Waals surface area (Å²) in [5, 5.41) is 10.6. The van der Waals surface area contributed by atoms with Crippen LogP contribution < -0.4 is 20.1 Å². The summed E-state index contributed by atoms with van der Waals surface area (Å²) in [5.41, 5.74) is 1.61. The largest absolute Gasteiger partial charge is 0.497 e. The molecule has 0 spiro atoms. The van der Waals surface area contributed by atoms with E-state index in [2.05, 4.69) is 20.8 Å². The Balaban J connectivity index is 1.59. The van der Waals surface area contributed by atoms with E-state index < -0.39 is 0 Å². The highest BCUT2D eigenvalue weighted by Gasteiger charge is 2.10. The topological polar surface area (TPSA) is 81.4 Å². The van der Waals surface area contributed by atoms with Crippen molar-refractivity contribution in [3.8, 4) is 22.9 Å². The van der Waals surface area contributed by atoms with Gasteiger partial charge in [0.2, 0.25) is 11.7 Å². The molecule has 0 radical (unpaired) electrons. The number of nitrogens with one attached hydrogen (secondary N) is 2. The molecule has 0 bridgehead atoms. The normalized spacial score (nSPS) is 10.3.